The molecule has 0 aromatic carbocycles. The molecule has 33 heavy (non-hydrogen) atoms. The Hall–Kier alpha value is -2.38. The quantitative estimate of drug-likeness (QED) is 0.153. The number of halogens is 1. The van der Waals surface area contributed by atoms with Crippen molar-refractivity contribution in [1.82, 2.24) is 5.06 Å². The van der Waals surface area contributed by atoms with Crippen molar-refractivity contribution in [3.8, 4) is 0 Å². The van der Waals surface area contributed by atoms with Crippen LogP contribution in [0.1, 0.15) is 52.9 Å². The average Bonchev–Trinajstić information content (AvgIpc) is 3.55. The van der Waals surface area contributed by atoms with Crippen LogP contribution in [0.2, 0.25) is 0 Å². The molecule has 1 unspecified atom stereocenters. The molecular weight excluding hydrogens is 429 g/mol. The molecule has 7 nitrogen and oxygen atoms in total. The first kappa shape index (κ1) is 26.9. The molecule has 1 fully saturated rings. The number of nitrogens with zero attached hydrogens (tertiary/aromatic N) is 1. The van der Waals surface area contributed by atoms with E-state index in [0.29, 0.717) is 30.8 Å². The fourth-order valence-corrected chi connectivity index (χ4v) is 3.65. The van der Waals surface area contributed by atoms with Gasteiger partial charge >= 0.3 is 0 Å². The molecular formula is C25H36FNO6. The Labute approximate surface area is 195 Å². The minimum absolute atomic E-state index is 0.0254. The standard InChI is InChI=1S/C25H36FNO6/c1-18-16-27(30)17-24(29)23(18)15-25(32-14-11-28)22(6-4-5-19(2)33-20(3)26)10-13-31-12-9-21-7-8-21/h4-5,10,14,16,19-21,25,29-30H,6-9,12-13,15,17H2,1-3H3/b5-4-,22-10+/t19-,20?,25-/m0/s1. The summed E-state index contributed by atoms with van der Waals surface area (Å²) < 4.78 is 29.6. The Morgan fingerprint density at radius 3 is 2.79 bits per heavy atom. The van der Waals surface area contributed by atoms with E-state index in [1.165, 1.54) is 26.0 Å². The van der Waals surface area contributed by atoms with Gasteiger partial charge in [0.25, 0.3) is 0 Å². The fourth-order valence-electron chi connectivity index (χ4n) is 3.65. The molecule has 1 aliphatic heterocycles. The minimum atomic E-state index is -1.37. The first-order chi connectivity index (χ1) is 15.8. The molecule has 0 aromatic rings. The Balaban J connectivity index is 2.15. The van der Waals surface area contributed by atoms with Crippen LogP contribution in [-0.2, 0) is 19.0 Å². The van der Waals surface area contributed by atoms with Crippen molar-refractivity contribution in [3.05, 3.63) is 53.2 Å². The second kappa shape index (κ2) is 14.0. The summed E-state index contributed by atoms with van der Waals surface area (Å²) >= 11 is 0. The number of hydroxylamine groups is 2. The molecule has 0 bridgehead atoms. The van der Waals surface area contributed by atoms with Gasteiger partial charge in [-0.05, 0) is 50.7 Å². The summed E-state index contributed by atoms with van der Waals surface area (Å²) in [5.41, 5.74) is 2.17. The molecule has 2 aliphatic rings. The van der Waals surface area contributed by atoms with Gasteiger partial charge in [0, 0.05) is 24.8 Å². The number of ether oxygens (including phenoxy) is 3. The third-order valence-corrected chi connectivity index (χ3v) is 5.56. The highest BCUT2D eigenvalue weighted by Gasteiger charge is 2.24. The van der Waals surface area contributed by atoms with Crippen LogP contribution in [0, 0.1) is 5.92 Å². The number of aliphatic hydroxyl groups excluding tert-OH is 1. The van der Waals surface area contributed by atoms with Crippen molar-refractivity contribution < 1.29 is 33.7 Å². The van der Waals surface area contributed by atoms with E-state index in [4.69, 9.17) is 14.2 Å². The lowest BCUT2D eigenvalue weighted by molar-refractivity contribution is -0.0477. The highest BCUT2D eigenvalue weighted by Crippen LogP contribution is 2.32. The monoisotopic (exact) mass is 465 g/mol. The second-order valence-corrected chi connectivity index (χ2v) is 8.50. The predicted octanol–water partition coefficient (Wildman–Crippen LogP) is 4.94. The molecule has 0 spiro atoms. The van der Waals surface area contributed by atoms with Crippen LogP contribution in [0.4, 0.5) is 4.39 Å². The Morgan fingerprint density at radius 2 is 2.15 bits per heavy atom. The number of aliphatic hydroxyl groups is 1. The molecule has 3 atom stereocenters. The third kappa shape index (κ3) is 10.4. The lowest BCUT2D eigenvalue weighted by Crippen LogP contribution is -2.24. The van der Waals surface area contributed by atoms with Gasteiger partial charge in [-0.3, -0.25) is 10.3 Å². The summed E-state index contributed by atoms with van der Waals surface area (Å²) in [5, 5.41) is 21.0. The van der Waals surface area contributed by atoms with E-state index in [1.54, 1.807) is 25.9 Å². The van der Waals surface area contributed by atoms with E-state index in [1.807, 2.05) is 12.2 Å². The van der Waals surface area contributed by atoms with E-state index in [2.05, 4.69) is 0 Å². The van der Waals surface area contributed by atoms with E-state index in [9.17, 15) is 19.5 Å². The zero-order chi connectivity index (χ0) is 24.2. The SMILES string of the molecule is CC1=CN(O)CC(O)=C1C[C@H](OC=C=O)/C(=C/COCCC1CC1)C/C=C\[C@H](C)OC(C)F. The Bertz CT molecular complexity index is 793. The molecule has 8 heteroatoms. The molecule has 1 saturated carbocycles. The first-order valence-electron chi connectivity index (χ1n) is 11.4. The van der Waals surface area contributed by atoms with Gasteiger partial charge in [-0.2, -0.15) is 0 Å². The molecule has 184 valence electrons. The third-order valence-electron chi connectivity index (χ3n) is 5.56. The summed E-state index contributed by atoms with van der Waals surface area (Å²) in [5.74, 6) is 2.46. The molecule has 1 aliphatic carbocycles. The maximum Gasteiger partial charge on any atom is 0.196 e. The van der Waals surface area contributed by atoms with Crippen LogP contribution in [0.25, 0.3) is 0 Å². The van der Waals surface area contributed by atoms with E-state index >= 15 is 0 Å². The van der Waals surface area contributed by atoms with Gasteiger partial charge in [0.15, 0.2) is 18.6 Å². The molecule has 1 heterocycles. The van der Waals surface area contributed by atoms with Gasteiger partial charge in [0.1, 0.15) is 18.4 Å². The van der Waals surface area contributed by atoms with Gasteiger partial charge in [0.2, 0.25) is 0 Å². The zero-order valence-corrected chi connectivity index (χ0v) is 19.7. The van der Waals surface area contributed by atoms with E-state index in [0.717, 1.165) is 29.2 Å². The summed E-state index contributed by atoms with van der Waals surface area (Å²) in [6, 6.07) is 0. The van der Waals surface area contributed by atoms with Crippen LogP contribution in [0.5, 0.6) is 0 Å². The molecule has 2 N–H and O–H groups in total. The van der Waals surface area contributed by atoms with Crippen LogP contribution >= 0.6 is 0 Å². The van der Waals surface area contributed by atoms with Crippen molar-refractivity contribution in [2.24, 2.45) is 5.92 Å². The summed E-state index contributed by atoms with van der Waals surface area (Å²) in [6.07, 6.45) is 10.0. The highest BCUT2D eigenvalue weighted by atomic mass is 19.1. The normalized spacial score (nSPS) is 19.8. The molecule has 0 amide bonds. The van der Waals surface area contributed by atoms with Crippen LogP contribution in [0.3, 0.4) is 0 Å². The lowest BCUT2D eigenvalue weighted by atomic mass is 9.93. The van der Waals surface area contributed by atoms with Gasteiger partial charge in [-0.25, -0.2) is 9.18 Å². The number of allylic oxidation sites excluding steroid dienone is 2. The first-order valence-corrected chi connectivity index (χ1v) is 11.4. The van der Waals surface area contributed by atoms with E-state index in [-0.39, 0.29) is 18.7 Å². The smallest absolute Gasteiger partial charge is 0.196 e. The van der Waals surface area contributed by atoms with Crippen molar-refractivity contribution >= 4 is 5.94 Å². The Morgan fingerprint density at radius 1 is 1.39 bits per heavy atom. The van der Waals surface area contributed by atoms with Crippen LogP contribution in [-0.4, -0.2) is 59.6 Å². The fraction of sp³-hybridized carbons (Fsp3) is 0.600. The Kier molecular flexibility index (Phi) is 11.4. The van der Waals surface area contributed by atoms with Gasteiger partial charge < -0.3 is 19.3 Å². The summed E-state index contributed by atoms with van der Waals surface area (Å²) in [6.45, 7) is 5.91. The van der Waals surface area contributed by atoms with Gasteiger partial charge in [-0.15, -0.1) is 0 Å². The lowest BCUT2D eigenvalue weighted by Gasteiger charge is -2.26. The van der Waals surface area contributed by atoms with Crippen molar-refractivity contribution in [1.29, 1.82) is 0 Å². The number of carbonyl (C=O) groups excluding carboxylic acids is 1. The van der Waals surface area contributed by atoms with Crippen LogP contribution < -0.4 is 0 Å². The number of rotatable bonds is 15. The molecule has 2 rings (SSSR count). The summed E-state index contributed by atoms with van der Waals surface area (Å²) in [4.78, 5) is 10.8. The van der Waals surface area contributed by atoms with Crippen molar-refractivity contribution in [3.63, 3.8) is 0 Å². The van der Waals surface area contributed by atoms with Gasteiger partial charge in [-0.1, -0.05) is 31.1 Å². The number of alkyl halides is 1. The predicted molar refractivity (Wildman–Crippen MR) is 123 cm³/mol. The maximum absolute atomic E-state index is 13.1. The van der Waals surface area contributed by atoms with Crippen molar-refractivity contribution in [2.45, 2.75) is 71.4 Å². The zero-order valence-electron chi connectivity index (χ0n) is 19.7. The van der Waals surface area contributed by atoms with Crippen molar-refractivity contribution in [2.75, 3.05) is 19.8 Å². The topological polar surface area (TPSA) is 88.5 Å². The summed E-state index contributed by atoms with van der Waals surface area (Å²) in [7, 11) is 0. The van der Waals surface area contributed by atoms with Crippen LogP contribution in [0.15, 0.2) is 53.2 Å². The van der Waals surface area contributed by atoms with E-state index < -0.39 is 18.6 Å². The average molecular weight is 466 g/mol. The largest absolute Gasteiger partial charge is 0.510 e. The number of hydrogen-bond donors (Lipinski definition) is 2. The second-order valence-electron chi connectivity index (χ2n) is 8.50. The minimum Gasteiger partial charge on any atom is -0.510 e. The highest BCUT2D eigenvalue weighted by molar-refractivity contribution is 5.43. The molecule has 0 radical (unpaired) electrons. The molecule has 0 saturated heterocycles. The maximum atomic E-state index is 13.1. The molecule has 0 aromatic heterocycles. The van der Waals surface area contributed by atoms with Gasteiger partial charge in [0.05, 0.1) is 12.7 Å². The number of hydrogen-bond acceptors (Lipinski definition) is 7.